The molecule has 0 saturated carbocycles. The summed E-state index contributed by atoms with van der Waals surface area (Å²) in [7, 11) is 0. The topological polar surface area (TPSA) is 72.7 Å². The highest BCUT2D eigenvalue weighted by Gasteiger charge is 2.40. The first-order valence-electron chi connectivity index (χ1n) is 5.91. The van der Waals surface area contributed by atoms with Crippen molar-refractivity contribution in [1.29, 1.82) is 0 Å². The summed E-state index contributed by atoms with van der Waals surface area (Å²) in [5.41, 5.74) is 0.686. The summed E-state index contributed by atoms with van der Waals surface area (Å²) in [6.45, 7) is 1.39. The molecule has 2 bridgehead atoms. The summed E-state index contributed by atoms with van der Waals surface area (Å²) in [6, 6.07) is 3.24. The second-order valence-electron chi connectivity index (χ2n) is 4.73. The maximum absolute atomic E-state index is 11.0. The number of fused-ring (bicyclic) bond motifs is 2. The van der Waals surface area contributed by atoms with Crippen molar-refractivity contribution in [2.24, 2.45) is 0 Å². The number of hydrogen-bond donors (Lipinski definition) is 0. The molecular weight excluding hydrogens is 316 g/mol. The van der Waals surface area contributed by atoms with Crippen molar-refractivity contribution in [2.75, 3.05) is 18.1 Å². The van der Waals surface area contributed by atoms with Gasteiger partial charge in [-0.2, -0.15) is 0 Å². The molecule has 2 fully saturated rings. The smallest absolute Gasteiger partial charge is 0.282 e. The largest absolute Gasteiger partial charge is 0.374 e. The minimum atomic E-state index is -0.523. The van der Waals surface area contributed by atoms with E-state index in [9.17, 15) is 14.9 Å². The van der Waals surface area contributed by atoms with Gasteiger partial charge in [-0.1, -0.05) is 0 Å². The number of nitro groups is 1. The molecule has 0 amide bonds. The second kappa shape index (κ2) is 4.57. The Morgan fingerprint density at radius 3 is 2.84 bits per heavy atom. The van der Waals surface area contributed by atoms with Crippen LogP contribution in [0.1, 0.15) is 16.8 Å². The van der Waals surface area contributed by atoms with E-state index in [4.69, 9.17) is 4.74 Å². The number of carbonyl (C=O) groups excluding carboxylic acids is 1. The van der Waals surface area contributed by atoms with Gasteiger partial charge in [-0.3, -0.25) is 14.9 Å². The van der Waals surface area contributed by atoms with Gasteiger partial charge in [0.25, 0.3) is 5.69 Å². The number of halogens is 1. The highest BCUT2D eigenvalue weighted by molar-refractivity contribution is 9.10. The highest BCUT2D eigenvalue weighted by atomic mass is 79.9. The van der Waals surface area contributed by atoms with Crippen molar-refractivity contribution in [3.8, 4) is 0 Å². The van der Waals surface area contributed by atoms with Crippen LogP contribution in [0.2, 0.25) is 0 Å². The summed E-state index contributed by atoms with van der Waals surface area (Å²) in [5, 5.41) is 11.0. The molecule has 0 spiro atoms. The number of nitro benzene ring substituents is 1. The standard InChI is InChI=1S/C12H11BrN2O4/c13-10-1-7(5-16)11(15(17)18)3-12(10)14-4-9-2-8(14)6-19-9/h1,3,5,8-9H,2,4,6H2/t8-,9-/m0/s1. The van der Waals surface area contributed by atoms with Crippen molar-refractivity contribution in [3.05, 3.63) is 32.3 Å². The maximum atomic E-state index is 11.0. The van der Waals surface area contributed by atoms with Crippen LogP contribution in [-0.2, 0) is 4.74 Å². The summed E-state index contributed by atoms with van der Waals surface area (Å²) >= 11 is 3.39. The van der Waals surface area contributed by atoms with E-state index in [0.29, 0.717) is 17.4 Å². The Hall–Kier alpha value is -1.47. The maximum Gasteiger partial charge on any atom is 0.282 e. The lowest BCUT2D eigenvalue weighted by molar-refractivity contribution is -0.385. The summed E-state index contributed by atoms with van der Waals surface area (Å²) in [6.07, 6.45) is 1.67. The fourth-order valence-corrected chi connectivity index (χ4v) is 3.32. The lowest BCUT2D eigenvalue weighted by Gasteiger charge is -2.29. The fraction of sp³-hybridized carbons (Fsp3) is 0.417. The van der Waals surface area contributed by atoms with E-state index < -0.39 is 4.92 Å². The van der Waals surface area contributed by atoms with Crippen LogP contribution in [0.15, 0.2) is 16.6 Å². The first kappa shape index (κ1) is 12.6. The molecule has 0 aliphatic carbocycles. The molecule has 0 radical (unpaired) electrons. The summed E-state index contributed by atoms with van der Waals surface area (Å²) in [4.78, 5) is 23.5. The number of nitrogens with zero attached hydrogens (tertiary/aromatic N) is 2. The molecule has 100 valence electrons. The van der Waals surface area contributed by atoms with Crippen LogP contribution in [0.4, 0.5) is 11.4 Å². The first-order valence-corrected chi connectivity index (χ1v) is 6.71. The normalized spacial score (nSPS) is 24.8. The third-order valence-electron chi connectivity index (χ3n) is 3.63. The van der Waals surface area contributed by atoms with Gasteiger partial charge in [0.05, 0.1) is 34.9 Å². The van der Waals surface area contributed by atoms with E-state index in [2.05, 4.69) is 20.8 Å². The number of morpholine rings is 1. The SMILES string of the molecule is O=Cc1cc(Br)c(N2C[C@@H]3C[C@H]2CO3)cc1[N+](=O)[O-]. The molecular formula is C12H11BrN2O4. The van der Waals surface area contributed by atoms with E-state index in [-0.39, 0.29) is 23.4 Å². The Kier molecular flexibility index (Phi) is 3.02. The summed E-state index contributed by atoms with van der Waals surface area (Å²) < 4.78 is 6.22. The van der Waals surface area contributed by atoms with E-state index in [1.165, 1.54) is 12.1 Å². The van der Waals surface area contributed by atoms with Crippen LogP contribution in [-0.4, -0.2) is 36.5 Å². The number of ether oxygens (including phenoxy) is 1. The van der Waals surface area contributed by atoms with Gasteiger partial charge in [0, 0.05) is 17.1 Å². The van der Waals surface area contributed by atoms with Gasteiger partial charge < -0.3 is 9.64 Å². The van der Waals surface area contributed by atoms with Gasteiger partial charge in [0.2, 0.25) is 0 Å². The van der Waals surface area contributed by atoms with Gasteiger partial charge in [-0.05, 0) is 28.4 Å². The monoisotopic (exact) mass is 326 g/mol. The number of anilines is 1. The van der Waals surface area contributed by atoms with Gasteiger partial charge >= 0.3 is 0 Å². The Labute approximate surface area is 117 Å². The van der Waals surface area contributed by atoms with Crippen LogP contribution in [0, 0.1) is 10.1 Å². The number of hydrogen-bond acceptors (Lipinski definition) is 5. The van der Waals surface area contributed by atoms with Gasteiger partial charge in [-0.25, -0.2) is 0 Å². The molecule has 19 heavy (non-hydrogen) atoms. The quantitative estimate of drug-likeness (QED) is 0.483. The van der Waals surface area contributed by atoms with Crippen molar-refractivity contribution >= 4 is 33.6 Å². The third-order valence-corrected chi connectivity index (χ3v) is 4.26. The van der Waals surface area contributed by atoms with E-state index in [0.717, 1.165) is 18.7 Å². The lowest BCUT2D eigenvalue weighted by Crippen LogP contribution is -2.37. The zero-order valence-electron chi connectivity index (χ0n) is 9.91. The zero-order chi connectivity index (χ0) is 13.6. The van der Waals surface area contributed by atoms with Crippen LogP contribution in [0.5, 0.6) is 0 Å². The molecule has 1 aromatic carbocycles. The molecule has 0 unspecified atom stereocenters. The van der Waals surface area contributed by atoms with Crippen molar-refractivity contribution in [1.82, 2.24) is 0 Å². The first-order chi connectivity index (χ1) is 9.10. The average Bonchev–Trinajstić information content (AvgIpc) is 3.00. The van der Waals surface area contributed by atoms with Crippen LogP contribution in [0.25, 0.3) is 0 Å². The molecule has 1 aromatic rings. The summed E-state index contributed by atoms with van der Waals surface area (Å²) in [5.74, 6) is 0. The van der Waals surface area contributed by atoms with Crippen LogP contribution < -0.4 is 4.90 Å². The minimum absolute atomic E-state index is 0.0845. The van der Waals surface area contributed by atoms with E-state index >= 15 is 0 Å². The third kappa shape index (κ3) is 2.02. The molecule has 0 N–H and O–H groups in total. The predicted octanol–water partition coefficient (Wildman–Crippen LogP) is 2.15. The number of aldehydes is 1. The predicted molar refractivity (Wildman–Crippen MR) is 71.7 cm³/mol. The average molecular weight is 327 g/mol. The van der Waals surface area contributed by atoms with E-state index in [1.54, 1.807) is 0 Å². The van der Waals surface area contributed by atoms with Crippen LogP contribution in [0.3, 0.4) is 0 Å². The van der Waals surface area contributed by atoms with Gasteiger partial charge in [0.15, 0.2) is 6.29 Å². The molecule has 0 aromatic heterocycles. The van der Waals surface area contributed by atoms with Crippen LogP contribution >= 0.6 is 15.9 Å². The molecule has 2 saturated heterocycles. The molecule has 7 heteroatoms. The Morgan fingerprint density at radius 1 is 1.53 bits per heavy atom. The Morgan fingerprint density at radius 2 is 2.32 bits per heavy atom. The molecule has 2 aliphatic rings. The molecule has 2 atom stereocenters. The molecule has 6 nitrogen and oxygen atoms in total. The zero-order valence-corrected chi connectivity index (χ0v) is 11.5. The van der Waals surface area contributed by atoms with E-state index in [1.807, 2.05) is 0 Å². The van der Waals surface area contributed by atoms with Crippen molar-refractivity contribution in [2.45, 2.75) is 18.6 Å². The minimum Gasteiger partial charge on any atom is -0.374 e. The van der Waals surface area contributed by atoms with Crippen molar-refractivity contribution < 1.29 is 14.5 Å². The number of carbonyl (C=O) groups is 1. The molecule has 2 heterocycles. The highest BCUT2D eigenvalue weighted by Crippen LogP contribution is 2.39. The van der Waals surface area contributed by atoms with Gasteiger partial charge in [0.1, 0.15) is 0 Å². The lowest BCUT2D eigenvalue weighted by atomic mass is 10.1. The molecule has 3 rings (SSSR count). The second-order valence-corrected chi connectivity index (χ2v) is 5.59. The molecule has 2 aliphatic heterocycles. The fourth-order valence-electron chi connectivity index (χ4n) is 2.73. The Bertz CT molecular complexity index is 563. The number of rotatable bonds is 3. The van der Waals surface area contributed by atoms with Gasteiger partial charge in [-0.15, -0.1) is 0 Å². The number of benzene rings is 1. The Balaban J connectivity index is 2.04. The van der Waals surface area contributed by atoms with Crippen molar-refractivity contribution in [3.63, 3.8) is 0 Å².